The Morgan fingerprint density at radius 2 is 1.39 bits per heavy atom. The molecule has 2 amide bonds. The fourth-order valence-electron chi connectivity index (χ4n) is 3.34. The van der Waals surface area contributed by atoms with Crippen molar-refractivity contribution >= 4 is 34.5 Å². The van der Waals surface area contributed by atoms with Crippen LogP contribution in [0.15, 0.2) is 60.7 Å². The smallest absolute Gasteiger partial charge is 0.286 e. The van der Waals surface area contributed by atoms with Crippen LogP contribution in [0.25, 0.3) is 0 Å². The minimum Gasteiger partial charge on any atom is -0.325 e. The second kappa shape index (κ2) is 10.3. The van der Waals surface area contributed by atoms with Crippen LogP contribution in [0.3, 0.4) is 0 Å². The van der Waals surface area contributed by atoms with E-state index in [2.05, 4.69) is 30.6 Å². The van der Waals surface area contributed by atoms with Gasteiger partial charge in [-0.05, 0) is 24.3 Å². The van der Waals surface area contributed by atoms with E-state index in [0.29, 0.717) is 18.1 Å². The van der Waals surface area contributed by atoms with Gasteiger partial charge in [-0.3, -0.25) is 19.4 Å². The third-order valence-corrected chi connectivity index (χ3v) is 5.85. The quantitative estimate of drug-likeness (QED) is 0.592. The number of hydrogen-bond donors (Lipinski definition) is 2. The van der Waals surface area contributed by atoms with Crippen molar-refractivity contribution in [3.63, 3.8) is 0 Å². The van der Waals surface area contributed by atoms with E-state index in [0.717, 1.165) is 42.6 Å². The zero-order chi connectivity index (χ0) is 21.5. The molecule has 1 aromatic heterocycles. The van der Waals surface area contributed by atoms with Crippen molar-refractivity contribution in [3.8, 4) is 0 Å². The SMILES string of the molecule is O=C(CN1CCN(Cc2nnc(C(=O)Nc3ccccc3)s2)CC1)Nc1ccccc1. The second-order valence-electron chi connectivity index (χ2n) is 7.29. The number of carbonyl (C=O) groups is 2. The Kier molecular flexibility index (Phi) is 6.98. The molecular weight excluding hydrogens is 412 g/mol. The standard InChI is InChI=1S/C22H24N6O2S/c29-19(23-17-7-3-1-4-8-17)15-27-11-13-28(14-12-27)16-20-25-26-22(31-20)21(30)24-18-9-5-2-6-10-18/h1-10H,11-16H2,(H,23,29)(H,24,30). The van der Waals surface area contributed by atoms with Crippen molar-refractivity contribution < 1.29 is 9.59 Å². The number of hydrogen-bond acceptors (Lipinski definition) is 7. The average molecular weight is 437 g/mol. The molecule has 4 rings (SSSR count). The number of para-hydroxylation sites is 2. The lowest BCUT2D eigenvalue weighted by molar-refractivity contribution is -0.117. The van der Waals surface area contributed by atoms with Gasteiger partial charge in [-0.2, -0.15) is 0 Å². The summed E-state index contributed by atoms with van der Waals surface area (Å²) in [5.41, 5.74) is 1.55. The molecule has 31 heavy (non-hydrogen) atoms. The molecule has 8 nitrogen and oxygen atoms in total. The van der Waals surface area contributed by atoms with Gasteiger partial charge in [0.15, 0.2) is 0 Å². The molecule has 1 fully saturated rings. The summed E-state index contributed by atoms with van der Waals surface area (Å²) in [6.07, 6.45) is 0. The topological polar surface area (TPSA) is 90.5 Å². The third kappa shape index (κ3) is 6.17. The van der Waals surface area contributed by atoms with Crippen LogP contribution in [0.1, 0.15) is 14.8 Å². The van der Waals surface area contributed by atoms with Gasteiger partial charge in [-0.25, -0.2) is 0 Å². The average Bonchev–Trinajstić information content (AvgIpc) is 3.25. The van der Waals surface area contributed by atoms with Crippen LogP contribution in [0.2, 0.25) is 0 Å². The van der Waals surface area contributed by atoms with Gasteiger partial charge < -0.3 is 10.6 Å². The van der Waals surface area contributed by atoms with E-state index >= 15 is 0 Å². The van der Waals surface area contributed by atoms with E-state index in [-0.39, 0.29) is 11.8 Å². The van der Waals surface area contributed by atoms with Gasteiger partial charge in [-0.15, -0.1) is 10.2 Å². The molecule has 1 saturated heterocycles. The summed E-state index contributed by atoms with van der Waals surface area (Å²) in [6.45, 7) is 4.32. The van der Waals surface area contributed by atoms with E-state index < -0.39 is 0 Å². The Balaban J connectivity index is 1.21. The van der Waals surface area contributed by atoms with E-state index in [9.17, 15) is 9.59 Å². The summed E-state index contributed by atoms with van der Waals surface area (Å²) in [5, 5.41) is 15.1. The normalized spacial score (nSPS) is 14.8. The molecule has 0 bridgehead atoms. The summed E-state index contributed by atoms with van der Waals surface area (Å²) >= 11 is 1.31. The first-order valence-corrected chi connectivity index (χ1v) is 11.0. The van der Waals surface area contributed by atoms with Crippen molar-refractivity contribution in [1.82, 2.24) is 20.0 Å². The number of carbonyl (C=O) groups excluding carboxylic acids is 2. The molecule has 0 unspecified atom stereocenters. The molecule has 160 valence electrons. The first-order chi connectivity index (χ1) is 15.2. The van der Waals surface area contributed by atoms with Gasteiger partial charge in [0, 0.05) is 37.6 Å². The fourth-order valence-corrected chi connectivity index (χ4v) is 4.11. The number of rotatable bonds is 7. The zero-order valence-electron chi connectivity index (χ0n) is 17.0. The van der Waals surface area contributed by atoms with Gasteiger partial charge in [0.05, 0.1) is 13.1 Å². The summed E-state index contributed by atoms with van der Waals surface area (Å²) in [7, 11) is 0. The van der Waals surface area contributed by atoms with Crippen molar-refractivity contribution in [3.05, 3.63) is 70.7 Å². The Morgan fingerprint density at radius 3 is 2.03 bits per heavy atom. The number of piperazine rings is 1. The molecule has 2 heterocycles. The van der Waals surface area contributed by atoms with Gasteiger partial charge >= 0.3 is 0 Å². The monoisotopic (exact) mass is 436 g/mol. The van der Waals surface area contributed by atoms with Crippen molar-refractivity contribution in [2.45, 2.75) is 6.54 Å². The molecule has 2 N–H and O–H groups in total. The molecule has 0 aliphatic carbocycles. The molecule has 1 aliphatic rings. The van der Waals surface area contributed by atoms with Crippen LogP contribution in [0.4, 0.5) is 11.4 Å². The lowest BCUT2D eigenvalue weighted by atomic mass is 10.3. The van der Waals surface area contributed by atoms with Crippen LogP contribution in [0.5, 0.6) is 0 Å². The maximum Gasteiger partial charge on any atom is 0.286 e. The number of benzene rings is 2. The van der Waals surface area contributed by atoms with Gasteiger partial charge in [0.25, 0.3) is 5.91 Å². The van der Waals surface area contributed by atoms with Crippen LogP contribution in [0, 0.1) is 0 Å². The van der Waals surface area contributed by atoms with Crippen LogP contribution in [-0.2, 0) is 11.3 Å². The molecule has 0 saturated carbocycles. The van der Waals surface area contributed by atoms with Crippen LogP contribution >= 0.6 is 11.3 Å². The van der Waals surface area contributed by atoms with Gasteiger partial charge in [-0.1, -0.05) is 47.7 Å². The van der Waals surface area contributed by atoms with E-state index in [1.165, 1.54) is 11.3 Å². The third-order valence-electron chi connectivity index (χ3n) is 4.94. The molecule has 1 aliphatic heterocycles. The van der Waals surface area contributed by atoms with Crippen LogP contribution < -0.4 is 10.6 Å². The van der Waals surface area contributed by atoms with Gasteiger partial charge in [0.2, 0.25) is 10.9 Å². The number of anilines is 2. The Labute approximate surface area is 184 Å². The number of amides is 2. The lowest BCUT2D eigenvalue weighted by Crippen LogP contribution is -2.48. The molecule has 2 aromatic carbocycles. The van der Waals surface area contributed by atoms with Crippen LogP contribution in [-0.4, -0.2) is 64.5 Å². The summed E-state index contributed by atoms with van der Waals surface area (Å²) in [6, 6.07) is 18.8. The predicted octanol–water partition coefficient (Wildman–Crippen LogP) is 2.55. The highest BCUT2D eigenvalue weighted by Crippen LogP contribution is 2.16. The van der Waals surface area contributed by atoms with E-state index in [1.807, 2.05) is 60.7 Å². The van der Waals surface area contributed by atoms with Crippen molar-refractivity contribution in [2.24, 2.45) is 0 Å². The minimum atomic E-state index is -0.246. The molecular formula is C22H24N6O2S. The van der Waals surface area contributed by atoms with E-state index in [1.54, 1.807) is 0 Å². The highest BCUT2D eigenvalue weighted by atomic mass is 32.1. The zero-order valence-corrected chi connectivity index (χ0v) is 17.8. The summed E-state index contributed by atoms with van der Waals surface area (Å²) in [4.78, 5) is 29.0. The first-order valence-electron chi connectivity index (χ1n) is 10.1. The maximum absolute atomic E-state index is 12.3. The first kappa shape index (κ1) is 21.1. The highest BCUT2D eigenvalue weighted by Gasteiger charge is 2.21. The second-order valence-corrected chi connectivity index (χ2v) is 8.35. The fraction of sp³-hybridized carbons (Fsp3) is 0.273. The Hall–Kier alpha value is -3.14. The molecule has 9 heteroatoms. The number of nitrogens with zero attached hydrogens (tertiary/aromatic N) is 4. The molecule has 0 spiro atoms. The maximum atomic E-state index is 12.3. The Morgan fingerprint density at radius 1 is 0.806 bits per heavy atom. The van der Waals surface area contributed by atoms with Crippen molar-refractivity contribution in [2.75, 3.05) is 43.4 Å². The number of aromatic nitrogens is 2. The minimum absolute atomic E-state index is 0.00200. The molecule has 0 atom stereocenters. The largest absolute Gasteiger partial charge is 0.325 e. The Bertz CT molecular complexity index is 1000. The summed E-state index contributed by atoms with van der Waals surface area (Å²) in [5.74, 6) is -0.248. The van der Waals surface area contributed by atoms with Crippen molar-refractivity contribution in [1.29, 1.82) is 0 Å². The molecule has 3 aromatic rings. The highest BCUT2D eigenvalue weighted by molar-refractivity contribution is 7.13. The predicted molar refractivity (Wildman–Crippen MR) is 121 cm³/mol. The summed E-state index contributed by atoms with van der Waals surface area (Å²) < 4.78 is 0. The number of nitrogens with one attached hydrogen (secondary N) is 2. The molecule has 0 radical (unpaired) electrons. The van der Waals surface area contributed by atoms with Gasteiger partial charge in [0.1, 0.15) is 5.01 Å². The lowest BCUT2D eigenvalue weighted by Gasteiger charge is -2.33. The van der Waals surface area contributed by atoms with E-state index in [4.69, 9.17) is 0 Å².